The molecular formula is C9H11BrN2O2S. The van der Waals surface area contributed by atoms with Gasteiger partial charge in [-0.25, -0.2) is 0 Å². The summed E-state index contributed by atoms with van der Waals surface area (Å²) < 4.78 is 12.6. The zero-order valence-corrected chi connectivity index (χ0v) is 10.5. The van der Waals surface area contributed by atoms with Crippen molar-refractivity contribution >= 4 is 38.3 Å². The number of rotatable bonds is 3. The van der Waals surface area contributed by atoms with Crippen molar-refractivity contribution in [2.24, 2.45) is 5.73 Å². The SMILES string of the molecule is CC(C(N)=O)S(=O)c1ccc(Br)cc1N. The van der Waals surface area contributed by atoms with Crippen LogP contribution in [0.1, 0.15) is 6.92 Å². The van der Waals surface area contributed by atoms with Gasteiger partial charge in [0.25, 0.3) is 0 Å². The lowest BCUT2D eigenvalue weighted by Gasteiger charge is -2.09. The van der Waals surface area contributed by atoms with Crippen molar-refractivity contribution in [3.8, 4) is 0 Å². The van der Waals surface area contributed by atoms with E-state index in [2.05, 4.69) is 15.9 Å². The smallest absolute Gasteiger partial charge is 0.233 e. The van der Waals surface area contributed by atoms with Gasteiger partial charge in [-0.2, -0.15) is 0 Å². The summed E-state index contributed by atoms with van der Waals surface area (Å²) in [4.78, 5) is 11.3. The number of carbonyl (C=O) groups excluding carboxylic acids is 1. The lowest BCUT2D eigenvalue weighted by molar-refractivity contribution is -0.117. The average molecular weight is 291 g/mol. The van der Waals surface area contributed by atoms with Gasteiger partial charge < -0.3 is 11.5 Å². The lowest BCUT2D eigenvalue weighted by Crippen LogP contribution is -2.29. The molecule has 15 heavy (non-hydrogen) atoms. The van der Waals surface area contributed by atoms with Crippen LogP contribution in [0, 0.1) is 0 Å². The summed E-state index contributed by atoms with van der Waals surface area (Å²) in [5, 5.41) is -0.742. The number of carbonyl (C=O) groups is 1. The molecule has 0 aliphatic rings. The highest BCUT2D eigenvalue weighted by Crippen LogP contribution is 2.23. The third-order valence-corrected chi connectivity index (χ3v) is 4.08. The third kappa shape index (κ3) is 2.79. The number of nitrogens with two attached hydrogens (primary N) is 2. The largest absolute Gasteiger partial charge is 0.398 e. The second-order valence-electron chi connectivity index (χ2n) is 3.02. The van der Waals surface area contributed by atoms with Gasteiger partial charge in [-0.15, -0.1) is 0 Å². The highest BCUT2D eigenvalue weighted by molar-refractivity contribution is 9.10. The predicted octanol–water partition coefficient (Wildman–Crippen LogP) is 1.01. The molecule has 2 unspecified atom stereocenters. The van der Waals surface area contributed by atoms with E-state index in [1.165, 1.54) is 6.92 Å². The molecule has 1 aromatic carbocycles. The molecule has 0 bridgehead atoms. The maximum atomic E-state index is 11.8. The molecule has 82 valence electrons. The van der Waals surface area contributed by atoms with Crippen LogP contribution in [0.3, 0.4) is 0 Å². The van der Waals surface area contributed by atoms with Crippen LogP contribution in [0.15, 0.2) is 27.6 Å². The van der Waals surface area contributed by atoms with Gasteiger partial charge in [-0.3, -0.25) is 9.00 Å². The first-order chi connectivity index (χ1) is 6.93. The fourth-order valence-electron chi connectivity index (χ4n) is 0.998. The Hall–Kier alpha value is -0.880. The summed E-state index contributed by atoms with van der Waals surface area (Å²) in [5.41, 5.74) is 11.1. The molecule has 0 aromatic heterocycles. The Morgan fingerprint density at radius 3 is 2.60 bits per heavy atom. The molecular weight excluding hydrogens is 280 g/mol. The molecule has 2 atom stereocenters. The summed E-state index contributed by atoms with van der Waals surface area (Å²) in [6, 6.07) is 4.98. The highest BCUT2D eigenvalue weighted by atomic mass is 79.9. The Labute approximate surface area is 98.6 Å². The van der Waals surface area contributed by atoms with Crippen LogP contribution in [-0.2, 0) is 15.6 Å². The van der Waals surface area contributed by atoms with Crippen LogP contribution >= 0.6 is 15.9 Å². The first kappa shape index (κ1) is 12.2. The number of halogens is 1. The van der Waals surface area contributed by atoms with Crippen molar-refractivity contribution in [3.05, 3.63) is 22.7 Å². The van der Waals surface area contributed by atoms with E-state index in [1.54, 1.807) is 18.2 Å². The minimum absolute atomic E-state index is 0.385. The fraction of sp³-hybridized carbons (Fsp3) is 0.222. The van der Waals surface area contributed by atoms with Gasteiger partial charge in [0, 0.05) is 10.2 Å². The Bertz CT molecular complexity index is 423. The van der Waals surface area contributed by atoms with Crippen molar-refractivity contribution in [3.63, 3.8) is 0 Å². The Balaban J connectivity index is 3.07. The van der Waals surface area contributed by atoms with Gasteiger partial charge in [0.2, 0.25) is 5.91 Å². The topological polar surface area (TPSA) is 86.2 Å². The molecule has 1 amide bonds. The van der Waals surface area contributed by atoms with E-state index in [-0.39, 0.29) is 0 Å². The van der Waals surface area contributed by atoms with Gasteiger partial charge in [0.05, 0.1) is 15.7 Å². The predicted molar refractivity (Wildman–Crippen MR) is 63.6 cm³/mol. The molecule has 0 fully saturated rings. The van der Waals surface area contributed by atoms with Crippen molar-refractivity contribution in [1.29, 1.82) is 0 Å². The van der Waals surface area contributed by atoms with Gasteiger partial charge in [0.15, 0.2) is 0 Å². The monoisotopic (exact) mass is 290 g/mol. The molecule has 0 saturated heterocycles. The number of hydrogen-bond acceptors (Lipinski definition) is 3. The van der Waals surface area contributed by atoms with Crippen LogP contribution in [-0.4, -0.2) is 15.4 Å². The Morgan fingerprint density at radius 1 is 1.53 bits per heavy atom. The highest BCUT2D eigenvalue weighted by Gasteiger charge is 2.20. The molecule has 1 aromatic rings. The van der Waals surface area contributed by atoms with E-state index >= 15 is 0 Å². The number of primary amides is 1. The summed E-state index contributed by atoms with van der Waals surface area (Å²) in [7, 11) is -1.50. The number of nitrogen functional groups attached to an aromatic ring is 1. The fourth-order valence-corrected chi connectivity index (χ4v) is 2.46. The van der Waals surface area contributed by atoms with Crippen LogP contribution in [0.2, 0.25) is 0 Å². The number of amides is 1. The van der Waals surface area contributed by atoms with E-state index < -0.39 is 22.0 Å². The molecule has 0 aliphatic heterocycles. The third-order valence-electron chi connectivity index (χ3n) is 1.91. The standard InChI is InChI=1S/C9H11BrN2O2S/c1-5(9(12)13)15(14)8-3-2-6(10)4-7(8)11/h2-5H,11H2,1H3,(H2,12,13). The molecule has 6 heteroatoms. The molecule has 0 heterocycles. The number of benzene rings is 1. The average Bonchev–Trinajstić information content (AvgIpc) is 2.15. The minimum Gasteiger partial charge on any atom is -0.398 e. The summed E-state index contributed by atoms with van der Waals surface area (Å²) in [6.45, 7) is 1.51. The quantitative estimate of drug-likeness (QED) is 0.815. The minimum atomic E-state index is -1.50. The zero-order chi connectivity index (χ0) is 11.6. The van der Waals surface area contributed by atoms with Crippen LogP contribution in [0.5, 0.6) is 0 Å². The summed E-state index contributed by atoms with van der Waals surface area (Å²) in [6.07, 6.45) is 0. The van der Waals surface area contributed by atoms with E-state index in [4.69, 9.17) is 11.5 Å². The zero-order valence-electron chi connectivity index (χ0n) is 8.07. The van der Waals surface area contributed by atoms with E-state index in [9.17, 15) is 9.00 Å². The second-order valence-corrected chi connectivity index (χ2v) is 5.68. The first-order valence-corrected chi connectivity index (χ1v) is 6.19. The Kier molecular flexibility index (Phi) is 3.87. The van der Waals surface area contributed by atoms with Gasteiger partial charge in [0.1, 0.15) is 5.25 Å². The van der Waals surface area contributed by atoms with Crippen molar-refractivity contribution < 1.29 is 9.00 Å². The maximum absolute atomic E-state index is 11.8. The van der Waals surface area contributed by atoms with Gasteiger partial charge >= 0.3 is 0 Å². The van der Waals surface area contributed by atoms with Gasteiger partial charge in [-0.1, -0.05) is 15.9 Å². The summed E-state index contributed by atoms with van der Waals surface area (Å²) in [5.74, 6) is -0.601. The molecule has 0 aliphatic carbocycles. The molecule has 0 saturated carbocycles. The molecule has 0 radical (unpaired) electrons. The molecule has 1 rings (SSSR count). The van der Waals surface area contributed by atoms with Crippen LogP contribution in [0.25, 0.3) is 0 Å². The van der Waals surface area contributed by atoms with E-state index in [1.807, 2.05) is 0 Å². The normalized spacial score (nSPS) is 14.5. The van der Waals surface area contributed by atoms with Crippen molar-refractivity contribution in [2.75, 3.05) is 5.73 Å². The van der Waals surface area contributed by atoms with Crippen molar-refractivity contribution in [1.82, 2.24) is 0 Å². The molecule has 4 N–H and O–H groups in total. The van der Waals surface area contributed by atoms with E-state index in [0.29, 0.717) is 10.6 Å². The van der Waals surface area contributed by atoms with Gasteiger partial charge in [-0.05, 0) is 25.1 Å². The maximum Gasteiger partial charge on any atom is 0.233 e. The number of anilines is 1. The Morgan fingerprint density at radius 2 is 2.13 bits per heavy atom. The second kappa shape index (κ2) is 4.76. The van der Waals surface area contributed by atoms with Crippen molar-refractivity contribution in [2.45, 2.75) is 17.1 Å². The summed E-state index contributed by atoms with van der Waals surface area (Å²) >= 11 is 3.24. The lowest BCUT2D eigenvalue weighted by atomic mass is 10.3. The first-order valence-electron chi connectivity index (χ1n) is 4.18. The van der Waals surface area contributed by atoms with Crippen LogP contribution < -0.4 is 11.5 Å². The molecule has 4 nitrogen and oxygen atoms in total. The number of hydrogen-bond donors (Lipinski definition) is 2. The van der Waals surface area contributed by atoms with Crippen LogP contribution in [0.4, 0.5) is 5.69 Å². The van der Waals surface area contributed by atoms with E-state index in [0.717, 1.165) is 4.47 Å². The molecule has 0 spiro atoms.